The normalized spacial score (nSPS) is 14.8. The average molecular weight is 593 g/mol. The van der Waals surface area contributed by atoms with Gasteiger partial charge in [0.25, 0.3) is 5.91 Å². The molecular formula is C31H32N10O3. The van der Waals surface area contributed by atoms with Crippen LogP contribution in [0.25, 0.3) is 11.1 Å². The Labute approximate surface area is 254 Å². The zero-order chi connectivity index (χ0) is 30.8. The van der Waals surface area contributed by atoms with Crippen molar-refractivity contribution >= 4 is 29.0 Å². The molecule has 0 spiro atoms. The van der Waals surface area contributed by atoms with E-state index in [9.17, 15) is 9.59 Å². The zero-order valence-electron chi connectivity index (χ0n) is 24.7. The van der Waals surface area contributed by atoms with Gasteiger partial charge in [-0.2, -0.15) is 10.4 Å². The van der Waals surface area contributed by atoms with Crippen LogP contribution in [0.1, 0.15) is 46.3 Å². The third-order valence-corrected chi connectivity index (χ3v) is 7.78. The Morgan fingerprint density at radius 3 is 2.68 bits per heavy atom. The fraction of sp³-hybridized carbons (Fsp3) is 0.323. The number of nitrogens with one attached hydrogen (secondary N) is 3. The minimum Gasteiger partial charge on any atom is -0.494 e. The maximum Gasteiger partial charge on any atom is 0.273 e. The highest BCUT2D eigenvalue weighted by Gasteiger charge is 2.31. The minimum atomic E-state index is -0.421. The number of hydrogen-bond donors (Lipinski definition) is 3. The van der Waals surface area contributed by atoms with Gasteiger partial charge in [0.15, 0.2) is 11.5 Å². The summed E-state index contributed by atoms with van der Waals surface area (Å²) in [6.45, 7) is 4.30. The second-order valence-electron chi connectivity index (χ2n) is 11.0. The highest BCUT2D eigenvalue weighted by Crippen LogP contribution is 2.41. The highest BCUT2D eigenvalue weighted by atomic mass is 16.5. The molecule has 4 aromatic rings. The Morgan fingerprint density at radius 1 is 1.14 bits per heavy atom. The van der Waals surface area contributed by atoms with Crippen LogP contribution in [0.2, 0.25) is 0 Å². The number of ether oxygens (including phenoxy) is 1. The van der Waals surface area contributed by atoms with Gasteiger partial charge in [-0.3, -0.25) is 19.2 Å². The first kappa shape index (κ1) is 28.8. The Bertz CT molecular complexity index is 1770. The van der Waals surface area contributed by atoms with Gasteiger partial charge in [0.05, 0.1) is 36.4 Å². The van der Waals surface area contributed by atoms with Crippen LogP contribution >= 0.6 is 0 Å². The van der Waals surface area contributed by atoms with Crippen molar-refractivity contribution in [3.05, 3.63) is 71.4 Å². The Hall–Kier alpha value is -5.35. The van der Waals surface area contributed by atoms with Crippen LogP contribution < -0.4 is 20.7 Å². The molecule has 1 aromatic carbocycles. The third-order valence-electron chi connectivity index (χ3n) is 7.78. The van der Waals surface area contributed by atoms with Gasteiger partial charge in [0, 0.05) is 56.0 Å². The summed E-state index contributed by atoms with van der Waals surface area (Å²) in [5, 5.41) is 30.6. The van der Waals surface area contributed by atoms with Crippen molar-refractivity contribution in [3.8, 4) is 22.9 Å². The summed E-state index contributed by atoms with van der Waals surface area (Å²) in [5.74, 6) is 0.300. The quantitative estimate of drug-likeness (QED) is 0.249. The van der Waals surface area contributed by atoms with E-state index in [0.29, 0.717) is 29.4 Å². The lowest BCUT2D eigenvalue weighted by Crippen LogP contribution is -2.47. The molecule has 13 heteroatoms. The molecule has 13 nitrogen and oxygen atoms in total. The fourth-order valence-electron chi connectivity index (χ4n) is 5.27. The van der Waals surface area contributed by atoms with E-state index in [1.54, 1.807) is 19.2 Å². The number of carbonyl (C=O) groups is 2. The summed E-state index contributed by atoms with van der Waals surface area (Å²) < 4.78 is 7.88. The van der Waals surface area contributed by atoms with Crippen molar-refractivity contribution < 1.29 is 14.3 Å². The van der Waals surface area contributed by atoms with E-state index in [0.717, 1.165) is 48.3 Å². The minimum absolute atomic E-state index is 0.00555. The van der Waals surface area contributed by atoms with Crippen LogP contribution in [-0.2, 0) is 11.3 Å². The molecule has 1 aliphatic carbocycles. The molecule has 1 aliphatic heterocycles. The van der Waals surface area contributed by atoms with E-state index >= 15 is 0 Å². The molecule has 2 fully saturated rings. The Balaban J connectivity index is 1.22. The van der Waals surface area contributed by atoms with E-state index < -0.39 is 5.91 Å². The largest absolute Gasteiger partial charge is 0.494 e. The van der Waals surface area contributed by atoms with Gasteiger partial charge >= 0.3 is 0 Å². The molecule has 2 aliphatic rings. The van der Waals surface area contributed by atoms with Crippen molar-refractivity contribution in [2.24, 2.45) is 5.92 Å². The summed E-state index contributed by atoms with van der Waals surface area (Å²) >= 11 is 0. The number of methoxy groups -OCH3 is 1. The molecule has 0 unspecified atom stereocenters. The summed E-state index contributed by atoms with van der Waals surface area (Å²) in [6, 6.07) is 13.2. The van der Waals surface area contributed by atoms with E-state index in [4.69, 9.17) is 10.00 Å². The first-order valence-corrected chi connectivity index (χ1v) is 14.3. The number of rotatable bonds is 10. The number of nitrogens with zero attached hydrogens (tertiary/aromatic N) is 7. The molecule has 0 bridgehead atoms. The van der Waals surface area contributed by atoms with Crippen molar-refractivity contribution in [1.82, 2.24) is 35.2 Å². The number of nitriles is 1. The maximum atomic E-state index is 12.6. The van der Waals surface area contributed by atoms with Crippen LogP contribution in [0.4, 0.5) is 17.2 Å². The first-order valence-electron chi connectivity index (χ1n) is 14.3. The number of likely N-dealkylation sites (tertiary alicyclic amines) is 1. The second-order valence-corrected chi connectivity index (χ2v) is 11.0. The summed E-state index contributed by atoms with van der Waals surface area (Å²) in [6.07, 6.45) is 5.55. The van der Waals surface area contributed by atoms with Gasteiger partial charge in [-0.25, -0.2) is 4.98 Å². The monoisotopic (exact) mass is 592 g/mol. The molecule has 3 aromatic heterocycles. The molecule has 44 heavy (non-hydrogen) atoms. The van der Waals surface area contributed by atoms with Crippen molar-refractivity contribution in [3.63, 3.8) is 0 Å². The summed E-state index contributed by atoms with van der Waals surface area (Å²) in [5.41, 5.74) is 5.10. The average Bonchev–Trinajstić information content (AvgIpc) is 3.77. The zero-order valence-corrected chi connectivity index (χ0v) is 24.7. The lowest BCUT2D eigenvalue weighted by molar-refractivity contribution is -0.117. The topological polar surface area (TPSA) is 163 Å². The Kier molecular flexibility index (Phi) is 7.91. The predicted octanol–water partition coefficient (Wildman–Crippen LogP) is 3.43. The van der Waals surface area contributed by atoms with Gasteiger partial charge in [-0.1, -0.05) is 12.1 Å². The van der Waals surface area contributed by atoms with Crippen LogP contribution in [0.5, 0.6) is 5.75 Å². The summed E-state index contributed by atoms with van der Waals surface area (Å²) in [4.78, 5) is 31.6. The molecular weight excluding hydrogens is 560 g/mol. The van der Waals surface area contributed by atoms with E-state index in [2.05, 4.69) is 47.2 Å². The Morgan fingerprint density at radius 2 is 1.95 bits per heavy atom. The molecule has 1 saturated heterocycles. The third kappa shape index (κ3) is 5.93. The molecule has 0 atom stereocenters. The lowest BCUT2D eigenvalue weighted by atomic mass is 10.0. The van der Waals surface area contributed by atoms with Crippen molar-refractivity contribution in [1.29, 1.82) is 5.26 Å². The first-order chi connectivity index (χ1) is 21.4. The number of aromatic nitrogens is 5. The fourth-order valence-corrected chi connectivity index (χ4v) is 5.27. The van der Waals surface area contributed by atoms with Crippen LogP contribution in [-0.4, -0.2) is 68.9 Å². The van der Waals surface area contributed by atoms with E-state index in [-0.39, 0.29) is 29.4 Å². The SMILES string of the molecule is CNC(=O)c1nnc(NC(=O)C2CC2)cc1Nc1ccc(C)c(-c2cnn(C3CN(Cc4cccc(C#N)n4)C3)c2)c1OC. The van der Waals surface area contributed by atoms with Gasteiger partial charge in [-0.05, 0) is 43.5 Å². The van der Waals surface area contributed by atoms with Crippen LogP contribution in [0.3, 0.4) is 0 Å². The van der Waals surface area contributed by atoms with Gasteiger partial charge in [0.2, 0.25) is 5.91 Å². The lowest BCUT2D eigenvalue weighted by Gasteiger charge is -2.38. The standard InChI is InChI=1S/C31H32N10O3/c1-18-7-10-24(36-25-11-26(37-30(42)19-8-9-19)38-39-28(25)31(43)33-2)29(44-3)27(18)20-13-34-41(14-20)23-16-40(17-23)15-22-6-4-5-21(12-32)35-22/h4-7,10-11,13-14,19,23H,8-9,15-17H2,1-3H3,(H,33,43)(H2,36,37,38,42). The number of aryl methyl sites for hydroxylation is 1. The number of benzene rings is 1. The van der Waals surface area contributed by atoms with Gasteiger partial charge < -0.3 is 20.7 Å². The molecule has 224 valence electrons. The summed E-state index contributed by atoms with van der Waals surface area (Å²) in [7, 11) is 3.11. The number of carbonyl (C=O) groups excluding carboxylic acids is 2. The molecule has 2 amide bonds. The second kappa shape index (κ2) is 12.1. The smallest absolute Gasteiger partial charge is 0.273 e. The number of hydrogen-bond acceptors (Lipinski definition) is 10. The number of pyridine rings is 1. The number of amides is 2. The van der Waals surface area contributed by atoms with Crippen LogP contribution in [0.15, 0.2) is 48.8 Å². The maximum absolute atomic E-state index is 12.6. The predicted molar refractivity (Wildman–Crippen MR) is 162 cm³/mol. The molecule has 0 radical (unpaired) electrons. The molecule has 4 heterocycles. The van der Waals surface area contributed by atoms with E-state index in [1.165, 1.54) is 7.05 Å². The highest BCUT2D eigenvalue weighted by molar-refractivity contribution is 6.00. The van der Waals surface area contributed by atoms with Crippen molar-refractivity contribution in [2.75, 3.05) is 37.9 Å². The van der Waals surface area contributed by atoms with Crippen molar-refractivity contribution in [2.45, 2.75) is 32.4 Å². The number of anilines is 3. The van der Waals surface area contributed by atoms with Gasteiger partial charge in [0.1, 0.15) is 17.5 Å². The van der Waals surface area contributed by atoms with E-state index in [1.807, 2.05) is 48.3 Å². The van der Waals surface area contributed by atoms with Gasteiger partial charge in [-0.15, -0.1) is 10.2 Å². The van der Waals surface area contributed by atoms with Crippen LogP contribution in [0, 0.1) is 24.2 Å². The molecule has 6 rings (SSSR count). The molecule has 3 N–H and O–H groups in total. The molecule has 1 saturated carbocycles.